The van der Waals surface area contributed by atoms with Crippen molar-refractivity contribution in [1.82, 2.24) is 10.2 Å². The van der Waals surface area contributed by atoms with E-state index in [4.69, 9.17) is 0 Å². The van der Waals surface area contributed by atoms with Gasteiger partial charge in [-0.3, -0.25) is 0 Å². The number of rotatable bonds is 6. The molecule has 2 nitrogen and oxygen atoms in total. The Hall–Kier alpha value is -1.06. The van der Waals surface area contributed by atoms with Gasteiger partial charge in [0, 0.05) is 19.6 Å². The molecule has 2 aromatic carbocycles. The van der Waals surface area contributed by atoms with Crippen LogP contribution in [0.3, 0.4) is 0 Å². The van der Waals surface area contributed by atoms with Crippen molar-refractivity contribution in [2.75, 3.05) is 27.2 Å². The molecule has 4 heteroatoms. The smallest absolute Gasteiger partial charge is 0.0206 e. The predicted octanol–water partition coefficient (Wildman–Crippen LogP) is 3.85. The third-order valence-electron chi connectivity index (χ3n) is 3.13. The zero-order valence-electron chi connectivity index (χ0n) is 12.6. The molecule has 0 aliphatic carbocycles. The number of benzene rings is 2. The van der Waals surface area contributed by atoms with Crippen LogP contribution in [0.2, 0.25) is 0 Å². The van der Waals surface area contributed by atoms with Crippen LogP contribution in [-0.2, 0) is 6.54 Å². The SMILES string of the molecule is CN(C)CCNCc1ccc(-c2ccccc2)cc1.Cl.Cl. The summed E-state index contributed by atoms with van der Waals surface area (Å²) in [4.78, 5) is 2.19. The van der Waals surface area contributed by atoms with Gasteiger partial charge in [0.25, 0.3) is 0 Å². The molecule has 0 amide bonds. The predicted molar refractivity (Wildman–Crippen MR) is 96.6 cm³/mol. The molecular weight excluding hydrogens is 303 g/mol. The van der Waals surface area contributed by atoms with Crippen molar-refractivity contribution >= 4 is 24.8 Å². The van der Waals surface area contributed by atoms with Gasteiger partial charge in [-0.05, 0) is 30.8 Å². The molecule has 21 heavy (non-hydrogen) atoms. The molecular formula is C17H24Cl2N2. The topological polar surface area (TPSA) is 15.3 Å². The van der Waals surface area contributed by atoms with Gasteiger partial charge in [0.2, 0.25) is 0 Å². The van der Waals surface area contributed by atoms with Gasteiger partial charge >= 0.3 is 0 Å². The van der Waals surface area contributed by atoms with E-state index in [1.54, 1.807) is 0 Å². The van der Waals surface area contributed by atoms with Crippen molar-refractivity contribution in [1.29, 1.82) is 0 Å². The summed E-state index contributed by atoms with van der Waals surface area (Å²) < 4.78 is 0. The summed E-state index contributed by atoms with van der Waals surface area (Å²) in [5, 5.41) is 3.45. The molecule has 0 bridgehead atoms. The number of nitrogens with one attached hydrogen (secondary N) is 1. The molecule has 0 radical (unpaired) electrons. The maximum absolute atomic E-state index is 3.45. The first-order chi connectivity index (χ1) is 9.25. The Kier molecular flexibility index (Phi) is 10.1. The van der Waals surface area contributed by atoms with Crippen LogP contribution in [0.25, 0.3) is 11.1 Å². The van der Waals surface area contributed by atoms with Crippen molar-refractivity contribution in [2.24, 2.45) is 0 Å². The van der Waals surface area contributed by atoms with Crippen LogP contribution in [0.5, 0.6) is 0 Å². The normalized spacial score (nSPS) is 9.86. The van der Waals surface area contributed by atoms with E-state index in [1.165, 1.54) is 16.7 Å². The molecule has 0 aliphatic rings. The Morgan fingerprint density at radius 1 is 0.810 bits per heavy atom. The highest BCUT2D eigenvalue weighted by molar-refractivity contribution is 5.85. The Bertz CT molecular complexity index is 484. The molecule has 0 aliphatic heterocycles. The molecule has 1 N–H and O–H groups in total. The minimum atomic E-state index is 0. The van der Waals surface area contributed by atoms with E-state index >= 15 is 0 Å². The Labute approximate surface area is 140 Å². The average Bonchev–Trinajstić information content (AvgIpc) is 2.45. The van der Waals surface area contributed by atoms with E-state index in [2.05, 4.69) is 72.8 Å². The van der Waals surface area contributed by atoms with Crippen LogP contribution in [0.15, 0.2) is 54.6 Å². The van der Waals surface area contributed by atoms with E-state index in [1.807, 2.05) is 6.07 Å². The number of nitrogens with zero attached hydrogens (tertiary/aromatic N) is 1. The zero-order valence-corrected chi connectivity index (χ0v) is 14.2. The third kappa shape index (κ3) is 6.96. The lowest BCUT2D eigenvalue weighted by molar-refractivity contribution is 0.400. The minimum Gasteiger partial charge on any atom is -0.311 e. The second-order valence-corrected chi connectivity index (χ2v) is 5.04. The molecule has 0 unspecified atom stereocenters. The highest BCUT2D eigenvalue weighted by Gasteiger charge is 1.97. The number of likely N-dealkylation sites (N-methyl/N-ethyl adjacent to an activating group) is 1. The van der Waals surface area contributed by atoms with Gasteiger partial charge in [0.15, 0.2) is 0 Å². The Morgan fingerprint density at radius 2 is 1.38 bits per heavy atom. The quantitative estimate of drug-likeness (QED) is 0.811. The van der Waals surface area contributed by atoms with E-state index in [0.29, 0.717) is 0 Å². The molecule has 2 aromatic rings. The molecule has 0 aromatic heterocycles. The molecule has 0 atom stereocenters. The lowest BCUT2D eigenvalue weighted by Gasteiger charge is -2.10. The van der Waals surface area contributed by atoms with Gasteiger partial charge in [0.1, 0.15) is 0 Å². The maximum atomic E-state index is 3.45. The number of halogens is 2. The summed E-state index contributed by atoms with van der Waals surface area (Å²) in [5.41, 5.74) is 3.88. The van der Waals surface area contributed by atoms with E-state index in [0.717, 1.165) is 19.6 Å². The molecule has 0 fully saturated rings. The van der Waals surface area contributed by atoms with Crippen molar-refractivity contribution in [3.05, 3.63) is 60.2 Å². The van der Waals surface area contributed by atoms with Crippen LogP contribution in [0.4, 0.5) is 0 Å². The van der Waals surface area contributed by atoms with Crippen LogP contribution in [-0.4, -0.2) is 32.1 Å². The summed E-state index contributed by atoms with van der Waals surface area (Å²) in [6.45, 7) is 3.03. The summed E-state index contributed by atoms with van der Waals surface area (Å²) in [6, 6.07) is 19.3. The fraction of sp³-hybridized carbons (Fsp3) is 0.294. The van der Waals surface area contributed by atoms with Gasteiger partial charge in [0.05, 0.1) is 0 Å². The highest BCUT2D eigenvalue weighted by Crippen LogP contribution is 2.18. The number of hydrogen-bond donors (Lipinski definition) is 1. The van der Waals surface area contributed by atoms with E-state index < -0.39 is 0 Å². The first-order valence-electron chi connectivity index (χ1n) is 6.75. The van der Waals surface area contributed by atoms with E-state index in [9.17, 15) is 0 Å². The molecule has 0 spiro atoms. The summed E-state index contributed by atoms with van der Waals surface area (Å²) in [5.74, 6) is 0. The van der Waals surface area contributed by atoms with E-state index in [-0.39, 0.29) is 24.8 Å². The molecule has 0 saturated carbocycles. The Morgan fingerprint density at radius 3 is 1.95 bits per heavy atom. The second kappa shape index (κ2) is 10.6. The van der Waals surface area contributed by atoms with Gasteiger partial charge < -0.3 is 10.2 Å². The third-order valence-corrected chi connectivity index (χ3v) is 3.13. The van der Waals surface area contributed by atoms with Crippen LogP contribution < -0.4 is 5.32 Å². The summed E-state index contributed by atoms with van der Waals surface area (Å²) >= 11 is 0. The lowest BCUT2D eigenvalue weighted by atomic mass is 10.0. The van der Waals surface area contributed by atoms with Gasteiger partial charge in [-0.2, -0.15) is 0 Å². The largest absolute Gasteiger partial charge is 0.311 e. The van der Waals surface area contributed by atoms with Crippen LogP contribution in [0.1, 0.15) is 5.56 Å². The second-order valence-electron chi connectivity index (χ2n) is 5.04. The summed E-state index contributed by atoms with van der Waals surface area (Å²) in [6.07, 6.45) is 0. The zero-order chi connectivity index (χ0) is 13.5. The number of hydrogen-bond acceptors (Lipinski definition) is 2. The molecule has 116 valence electrons. The standard InChI is InChI=1S/C17H22N2.2ClH/c1-19(2)13-12-18-14-15-8-10-17(11-9-15)16-6-4-3-5-7-16;;/h3-11,18H,12-14H2,1-2H3;2*1H. The van der Waals surface area contributed by atoms with Crippen molar-refractivity contribution in [3.63, 3.8) is 0 Å². The molecule has 0 heterocycles. The van der Waals surface area contributed by atoms with Crippen molar-refractivity contribution in [3.8, 4) is 11.1 Å². The van der Waals surface area contributed by atoms with Gasteiger partial charge in [-0.25, -0.2) is 0 Å². The molecule has 2 rings (SSSR count). The lowest BCUT2D eigenvalue weighted by Crippen LogP contribution is -2.26. The minimum absolute atomic E-state index is 0. The molecule has 0 saturated heterocycles. The summed E-state index contributed by atoms with van der Waals surface area (Å²) in [7, 11) is 4.19. The monoisotopic (exact) mass is 326 g/mol. The average molecular weight is 327 g/mol. The van der Waals surface area contributed by atoms with Gasteiger partial charge in [-0.1, -0.05) is 54.6 Å². The highest BCUT2D eigenvalue weighted by atomic mass is 35.5. The van der Waals surface area contributed by atoms with Crippen molar-refractivity contribution < 1.29 is 0 Å². The van der Waals surface area contributed by atoms with Crippen LogP contribution >= 0.6 is 24.8 Å². The van der Waals surface area contributed by atoms with Gasteiger partial charge in [-0.15, -0.1) is 24.8 Å². The first kappa shape index (κ1) is 19.9. The maximum Gasteiger partial charge on any atom is 0.0206 e. The van der Waals surface area contributed by atoms with Crippen LogP contribution in [0, 0.1) is 0 Å². The first-order valence-corrected chi connectivity index (χ1v) is 6.75. The fourth-order valence-electron chi connectivity index (χ4n) is 1.98. The van der Waals surface area contributed by atoms with Crippen molar-refractivity contribution in [2.45, 2.75) is 6.54 Å². The fourth-order valence-corrected chi connectivity index (χ4v) is 1.98. The Balaban J connectivity index is 0.00000200.